The second-order valence-corrected chi connectivity index (χ2v) is 8.20. The first-order valence-electron chi connectivity index (χ1n) is 6.27. The van der Waals surface area contributed by atoms with E-state index in [2.05, 4.69) is 58.1 Å². The van der Waals surface area contributed by atoms with Crippen molar-refractivity contribution in [3.05, 3.63) is 0 Å². The molecule has 15 heavy (non-hydrogen) atoms. The number of thioether (sulfide) groups is 2. The molecule has 0 saturated heterocycles. The Kier molecular flexibility index (Phi) is 9.22. The molecule has 0 aromatic heterocycles. The molecule has 0 amide bonds. The minimum atomic E-state index is 0.467. The topological polar surface area (TPSA) is 0 Å². The van der Waals surface area contributed by atoms with Crippen LogP contribution in [0.2, 0.25) is 0 Å². The molecule has 0 nitrogen and oxygen atoms in total. The summed E-state index contributed by atoms with van der Waals surface area (Å²) in [4.78, 5) is 0. The Bertz CT molecular complexity index is 143. The SMILES string of the molecule is CCCCSC(C)CC(C)(C)SCCC. The highest BCUT2D eigenvalue weighted by Gasteiger charge is 2.21. The maximum atomic E-state index is 2.39. The maximum absolute atomic E-state index is 2.39. The highest BCUT2D eigenvalue weighted by molar-refractivity contribution is 8.01. The zero-order chi connectivity index (χ0) is 11.7. The molecule has 0 rings (SSSR count). The highest BCUT2D eigenvalue weighted by atomic mass is 32.2. The molecule has 0 aliphatic rings. The van der Waals surface area contributed by atoms with Crippen LogP contribution in [0.1, 0.15) is 60.3 Å². The second-order valence-electron chi connectivity index (χ2n) is 4.85. The van der Waals surface area contributed by atoms with E-state index < -0.39 is 0 Å². The van der Waals surface area contributed by atoms with Crippen LogP contribution in [0.3, 0.4) is 0 Å². The van der Waals surface area contributed by atoms with E-state index in [0.717, 1.165) is 5.25 Å². The van der Waals surface area contributed by atoms with Crippen LogP contribution in [0, 0.1) is 0 Å². The molecule has 92 valence electrons. The second kappa shape index (κ2) is 8.81. The van der Waals surface area contributed by atoms with Gasteiger partial charge < -0.3 is 0 Å². The smallest absolute Gasteiger partial charge is 0.0114 e. The molecule has 0 aliphatic heterocycles. The Morgan fingerprint density at radius 1 is 1.07 bits per heavy atom. The lowest BCUT2D eigenvalue weighted by Crippen LogP contribution is -2.20. The van der Waals surface area contributed by atoms with Crippen LogP contribution in [-0.4, -0.2) is 21.5 Å². The molecule has 0 heterocycles. The Hall–Kier alpha value is 0.700. The maximum Gasteiger partial charge on any atom is 0.0114 e. The standard InChI is InChI=1S/C13H28S2/c1-6-8-10-14-12(3)11-13(4,5)15-9-7-2/h12H,6-11H2,1-5H3. The first-order chi connectivity index (χ1) is 7.02. The van der Waals surface area contributed by atoms with E-state index in [-0.39, 0.29) is 0 Å². The van der Waals surface area contributed by atoms with Crippen LogP contribution in [0.25, 0.3) is 0 Å². The van der Waals surface area contributed by atoms with E-state index >= 15 is 0 Å². The van der Waals surface area contributed by atoms with E-state index in [1.807, 2.05) is 0 Å². The fourth-order valence-electron chi connectivity index (χ4n) is 1.62. The van der Waals surface area contributed by atoms with Gasteiger partial charge in [-0.25, -0.2) is 0 Å². The third-order valence-corrected chi connectivity index (χ3v) is 5.20. The highest BCUT2D eigenvalue weighted by Crippen LogP contribution is 2.33. The molecule has 0 aliphatic carbocycles. The van der Waals surface area contributed by atoms with Gasteiger partial charge in [0, 0.05) is 10.00 Å². The van der Waals surface area contributed by atoms with Gasteiger partial charge >= 0.3 is 0 Å². The lowest BCUT2D eigenvalue weighted by molar-refractivity contribution is 0.635. The van der Waals surface area contributed by atoms with Crippen molar-refractivity contribution in [3.63, 3.8) is 0 Å². The van der Waals surface area contributed by atoms with Gasteiger partial charge in [0.2, 0.25) is 0 Å². The summed E-state index contributed by atoms with van der Waals surface area (Å²) >= 11 is 4.28. The fraction of sp³-hybridized carbons (Fsp3) is 1.00. The van der Waals surface area contributed by atoms with Gasteiger partial charge in [-0.05, 0) is 30.8 Å². The monoisotopic (exact) mass is 248 g/mol. The molecular weight excluding hydrogens is 220 g/mol. The first-order valence-corrected chi connectivity index (χ1v) is 8.30. The Labute approximate surface area is 105 Å². The van der Waals surface area contributed by atoms with Crippen molar-refractivity contribution in [2.75, 3.05) is 11.5 Å². The third kappa shape index (κ3) is 9.62. The average Bonchev–Trinajstić information content (AvgIpc) is 2.14. The predicted molar refractivity (Wildman–Crippen MR) is 78.3 cm³/mol. The van der Waals surface area contributed by atoms with Crippen molar-refractivity contribution in [1.82, 2.24) is 0 Å². The minimum absolute atomic E-state index is 0.467. The normalized spacial score (nSPS) is 14.2. The summed E-state index contributed by atoms with van der Waals surface area (Å²) in [5.41, 5.74) is 0. The summed E-state index contributed by atoms with van der Waals surface area (Å²) in [5.74, 6) is 2.64. The molecule has 0 aromatic rings. The van der Waals surface area contributed by atoms with Gasteiger partial charge in [-0.1, -0.05) is 41.0 Å². The quantitative estimate of drug-likeness (QED) is 0.513. The van der Waals surface area contributed by atoms with Crippen LogP contribution < -0.4 is 0 Å². The van der Waals surface area contributed by atoms with Crippen LogP contribution in [0.4, 0.5) is 0 Å². The Morgan fingerprint density at radius 2 is 1.73 bits per heavy atom. The summed E-state index contributed by atoms with van der Waals surface area (Å²) in [7, 11) is 0. The molecule has 1 atom stereocenters. The van der Waals surface area contributed by atoms with Gasteiger partial charge in [0.05, 0.1) is 0 Å². The predicted octanol–water partition coefficient (Wildman–Crippen LogP) is 5.22. The van der Waals surface area contributed by atoms with E-state index in [4.69, 9.17) is 0 Å². The number of rotatable bonds is 9. The van der Waals surface area contributed by atoms with Crippen molar-refractivity contribution >= 4 is 23.5 Å². The molecule has 0 fully saturated rings. The third-order valence-electron chi connectivity index (χ3n) is 2.38. The largest absolute Gasteiger partial charge is 0.159 e. The minimum Gasteiger partial charge on any atom is -0.159 e. The van der Waals surface area contributed by atoms with E-state index in [1.165, 1.54) is 37.2 Å². The molecule has 0 bridgehead atoms. The zero-order valence-electron chi connectivity index (χ0n) is 11.1. The van der Waals surface area contributed by atoms with Gasteiger partial charge in [-0.2, -0.15) is 23.5 Å². The Morgan fingerprint density at radius 3 is 2.27 bits per heavy atom. The summed E-state index contributed by atoms with van der Waals surface area (Å²) in [6.07, 6.45) is 5.34. The molecule has 0 N–H and O–H groups in total. The fourth-order valence-corrected chi connectivity index (χ4v) is 4.24. The Balaban J connectivity index is 3.67. The molecular formula is C13H28S2. The molecule has 0 aromatic carbocycles. The van der Waals surface area contributed by atoms with Crippen LogP contribution in [-0.2, 0) is 0 Å². The van der Waals surface area contributed by atoms with Gasteiger partial charge in [0.1, 0.15) is 0 Å². The van der Waals surface area contributed by atoms with Crippen molar-refractivity contribution < 1.29 is 0 Å². The number of unbranched alkanes of at least 4 members (excludes halogenated alkanes) is 1. The van der Waals surface area contributed by atoms with Gasteiger partial charge in [0.15, 0.2) is 0 Å². The summed E-state index contributed by atoms with van der Waals surface area (Å²) < 4.78 is 0.467. The van der Waals surface area contributed by atoms with E-state index in [1.54, 1.807) is 0 Å². The first kappa shape index (κ1) is 15.7. The average molecular weight is 249 g/mol. The molecule has 0 spiro atoms. The van der Waals surface area contributed by atoms with Crippen LogP contribution >= 0.6 is 23.5 Å². The van der Waals surface area contributed by atoms with Crippen LogP contribution in [0.5, 0.6) is 0 Å². The van der Waals surface area contributed by atoms with E-state index in [0.29, 0.717) is 4.75 Å². The van der Waals surface area contributed by atoms with Crippen molar-refractivity contribution in [2.45, 2.75) is 70.3 Å². The summed E-state index contributed by atoms with van der Waals surface area (Å²) in [6.45, 7) is 11.7. The van der Waals surface area contributed by atoms with Crippen molar-refractivity contribution in [2.24, 2.45) is 0 Å². The summed E-state index contributed by atoms with van der Waals surface area (Å²) in [6, 6.07) is 0. The molecule has 1 unspecified atom stereocenters. The summed E-state index contributed by atoms with van der Waals surface area (Å²) in [5, 5.41) is 0.816. The lowest BCUT2D eigenvalue weighted by Gasteiger charge is -2.27. The number of hydrogen-bond acceptors (Lipinski definition) is 2. The van der Waals surface area contributed by atoms with Gasteiger partial charge in [-0.3, -0.25) is 0 Å². The van der Waals surface area contributed by atoms with Crippen LogP contribution in [0.15, 0.2) is 0 Å². The molecule has 0 saturated carbocycles. The van der Waals surface area contributed by atoms with Crippen molar-refractivity contribution in [3.8, 4) is 0 Å². The lowest BCUT2D eigenvalue weighted by atomic mass is 10.1. The van der Waals surface area contributed by atoms with Gasteiger partial charge in [-0.15, -0.1) is 0 Å². The zero-order valence-corrected chi connectivity index (χ0v) is 12.8. The van der Waals surface area contributed by atoms with Crippen molar-refractivity contribution in [1.29, 1.82) is 0 Å². The molecule has 2 heteroatoms. The molecule has 0 radical (unpaired) electrons. The van der Waals surface area contributed by atoms with E-state index in [9.17, 15) is 0 Å². The van der Waals surface area contributed by atoms with Gasteiger partial charge in [0.25, 0.3) is 0 Å². The number of hydrogen-bond donors (Lipinski definition) is 0.